The summed E-state index contributed by atoms with van der Waals surface area (Å²) >= 11 is 0. The number of nitrogens with zero attached hydrogens (tertiary/aromatic N) is 2. The molecule has 1 aliphatic rings. The molecule has 41 heavy (non-hydrogen) atoms. The van der Waals surface area contributed by atoms with Crippen molar-refractivity contribution in [2.75, 3.05) is 19.1 Å². The summed E-state index contributed by atoms with van der Waals surface area (Å²) in [6.45, 7) is 7.38. The van der Waals surface area contributed by atoms with Crippen LogP contribution in [0.3, 0.4) is 0 Å². The van der Waals surface area contributed by atoms with Crippen molar-refractivity contribution in [1.29, 1.82) is 0 Å². The Morgan fingerprint density at radius 2 is 1.39 bits per heavy atom. The molecule has 2 heterocycles. The number of ether oxygens (including phenoxy) is 1. The molecule has 5 rings (SSSR count). The minimum absolute atomic E-state index is 0.0442. The number of carbonyl (C=O) groups is 1. The maximum atomic E-state index is 13.6. The van der Waals surface area contributed by atoms with Crippen LogP contribution in [0.5, 0.6) is 5.75 Å². The molecule has 0 spiro atoms. The first-order valence-electron chi connectivity index (χ1n) is 13.9. The van der Waals surface area contributed by atoms with Crippen molar-refractivity contribution in [3.05, 3.63) is 125 Å². The van der Waals surface area contributed by atoms with Crippen LogP contribution in [-0.4, -0.2) is 43.6 Å². The Morgan fingerprint density at radius 3 is 1.95 bits per heavy atom. The van der Waals surface area contributed by atoms with Crippen LogP contribution in [0.1, 0.15) is 43.2 Å². The van der Waals surface area contributed by atoms with Crippen molar-refractivity contribution >= 4 is 24.6 Å². The number of rotatable bonds is 9. The summed E-state index contributed by atoms with van der Waals surface area (Å²) in [5, 5.41) is 2.28. The van der Waals surface area contributed by atoms with Gasteiger partial charge in [0.2, 0.25) is 5.43 Å². The number of aromatic nitrogens is 1. The Hall–Kier alpha value is -4.14. The molecule has 212 valence electrons. The summed E-state index contributed by atoms with van der Waals surface area (Å²) in [4.78, 5) is 28.0. The fraction of sp³-hybridized carbons (Fsp3) is 0.273. The molecule has 0 unspecified atom stereocenters. The van der Waals surface area contributed by atoms with Gasteiger partial charge < -0.3 is 19.5 Å². The van der Waals surface area contributed by atoms with Crippen LogP contribution in [0.25, 0.3) is 0 Å². The van der Waals surface area contributed by atoms with Crippen molar-refractivity contribution in [3.63, 3.8) is 0 Å². The maximum absolute atomic E-state index is 13.6. The van der Waals surface area contributed by atoms with E-state index in [1.165, 1.54) is 16.4 Å². The average Bonchev–Trinajstić information content (AvgIpc) is 2.98. The van der Waals surface area contributed by atoms with Gasteiger partial charge in [0.15, 0.2) is 11.4 Å². The minimum Gasteiger partial charge on any atom is -0.482 e. The Morgan fingerprint density at radius 1 is 0.829 bits per heavy atom. The highest BCUT2D eigenvalue weighted by Gasteiger charge is 2.50. The lowest BCUT2D eigenvalue weighted by Gasteiger charge is -2.44. The standard InChI is InChI=1S/C33H37N3O4Si/c1-33(2,3)41(26-16-10-6-11-17-26,27-18-12-7-13-19-27)40-23-21-29-34-36-22-20-28(37)31(30(36)32(38)35(29)4)39-24-25-14-8-5-9-15-25/h5-20,22,29,34H,21,23-24H2,1-4H3/t29-/m1/s1. The first kappa shape index (κ1) is 28.4. The molecule has 8 heteroatoms. The molecule has 0 bridgehead atoms. The predicted octanol–water partition coefficient (Wildman–Crippen LogP) is 4.35. The van der Waals surface area contributed by atoms with Crippen LogP contribution in [0, 0.1) is 0 Å². The summed E-state index contributed by atoms with van der Waals surface area (Å²) in [5.74, 6) is -0.234. The van der Waals surface area contributed by atoms with Gasteiger partial charge in [0, 0.05) is 32.3 Å². The summed E-state index contributed by atoms with van der Waals surface area (Å²) in [6.07, 6.45) is 1.81. The van der Waals surface area contributed by atoms with E-state index in [9.17, 15) is 9.59 Å². The molecular weight excluding hydrogens is 530 g/mol. The quantitative estimate of drug-likeness (QED) is 0.305. The predicted molar refractivity (Wildman–Crippen MR) is 165 cm³/mol. The molecule has 1 amide bonds. The molecule has 0 radical (unpaired) electrons. The van der Waals surface area contributed by atoms with E-state index in [-0.39, 0.29) is 40.6 Å². The van der Waals surface area contributed by atoms with E-state index in [1.807, 2.05) is 42.5 Å². The molecule has 0 fully saturated rings. The van der Waals surface area contributed by atoms with E-state index in [0.29, 0.717) is 13.0 Å². The number of hydrogen-bond acceptors (Lipinski definition) is 5. The third-order valence-corrected chi connectivity index (χ3v) is 12.7. The van der Waals surface area contributed by atoms with E-state index in [1.54, 1.807) is 22.8 Å². The van der Waals surface area contributed by atoms with E-state index in [4.69, 9.17) is 9.16 Å². The number of pyridine rings is 1. The van der Waals surface area contributed by atoms with E-state index in [0.717, 1.165) is 5.56 Å². The molecule has 1 aliphatic heterocycles. The second-order valence-corrected chi connectivity index (χ2v) is 15.7. The smallest absolute Gasteiger partial charge is 0.277 e. The summed E-state index contributed by atoms with van der Waals surface area (Å²) in [6, 6.07) is 32.0. The van der Waals surface area contributed by atoms with Crippen molar-refractivity contribution < 1.29 is 14.0 Å². The van der Waals surface area contributed by atoms with Gasteiger partial charge in [-0.2, -0.15) is 0 Å². The molecule has 1 aromatic heterocycles. The van der Waals surface area contributed by atoms with Gasteiger partial charge in [-0.3, -0.25) is 14.3 Å². The molecule has 3 aromatic carbocycles. The number of fused-ring (bicyclic) bond motifs is 1. The van der Waals surface area contributed by atoms with Gasteiger partial charge in [-0.1, -0.05) is 112 Å². The van der Waals surface area contributed by atoms with Crippen molar-refractivity contribution in [3.8, 4) is 5.75 Å². The molecule has 1 atom stereocenters. The van der Waals surface area contributed by atoms with Gasteiger partial charge in [-0.15, -0.1) is 0 Å². The highest BCUT2D eigenvalue weighted by atomic mass is 28.4. The Balaban J connectivity index is 1.39. The van der Waals surface area contributed by atoms with E-state index in [2.05, 4.69) is 74.7 Å². The average molecular weight is 568 g/mol. The summed E-state index contributed by atoms with van der Waals surface area (Å²) in [5.41, 5.74) is 4.17. The number of benzene rings is 3. The van der Waals surface area contributed by atoms with E-state index < -0.39 is 8.32 Å². The first-order valence-corrected chi connectivity index (χ1v) is 15.8. The van der Waals surface area contributed by atoms with Gasteiger partial charge >= 0.3 is 0 Å². The zero-order chi connectivity index (χ0) is 29.0. The fourth-order valence-electron chi connectivity index (χ4n) is 5.59. The van der Waals surface area contributed by atoms with Gasteiger partial charge in [0.1, 0.15) is 12.8 Å². The van der Waals surface area contributed by atoms with E-state index >= 15 is 0 Å². The molecule has 0 aliphatic carbocycles. The van der Waals surface area contributed by atoms with Crippen LogP contribution in [0.2, 0.25) is 5.04 Å². The number of hydrogen-bond donors (Lipinski definition) is 1. The topological polar surface area (TPSA) is 72.8 Å². The second-order valence-electron chi connectivity index (χ2n) is 11.4. The Kier molecular flexibility index (Phi) is 8.14. The second kappa shape index (κ2) is 11.8. The zero-order valence-corrected chi connectivity index (χ0v) is 25.0. The number of nitrogens with one attached hydrogen (secondary N) is 1. The summed E-state index contributed by atoms with van der Waals surface area (Å²) in [7, 11) is -0.962. The highest BCUT2D eigenvalue weighted by Crippen LogP contribution is 2.37. The van der Waals surface area contributed by atoms with Crippen molar-refractivity contribution in [2.24, 2.45) is 0 Å². The lowest BCUT2D eigenvalue weighted by Crippen LogP contribution is -2.66. The lowest BCUT2D eigenvalue weighted by molar-refractivity contribution is 0.0664. The third-order valence-electron chi connectivity index (χ3n) is 7.69. The Bertz CT molecular complexity index is 1500. The zero-order valence-electron chi connectivity index (χ0n) is 24.0. The van der Waals surface area contributed by atoms with Gasteiger partial charge in [0.05, 0.1) is 0 Å². The normalized spacial score (nSPS) is 15.3. The largest absolute Gasteiger partial charge is 0.482 e. The van der Waals surface area contributed by atoms with Crippen LogP contribution in [-0.2, 0) is 11.0 Å². The first-order chi connectivity index (χ1) is 19.7. The monoisotopic (exact) mass is 567 g/mol. The lowest BCUT2D eigenvalue weighted by atomic mass is 10.2. The van der Waals surface area contributed by atoms with Crippen LogP contribution >= 0.6 is 0 Å². The third kappa shape index (κ3) is 5.58. The number of carbonyl (C=O) groups excluding carboxylic acids is 1. The molecule has 0 saturated heterocycles. The molecule has 0 saturated carbocycles. The van der Waals surface area contributed by atoms with Crippen LogP contribution in [0.4, 0.5) is 0 Å². The van der Waals surface area contributed by atoms with Crippen molar-refractivity contribution in [2.45, 2.75) is 45.0 Å². The van der Waals surface area contributed by atoms with Crippen LogP contribution < -0.4 is 26.0 Å². The van der Waals surface area contributed by atoms with Crippen LogP contribution in [0.15, 0.2) is 108 Å². The number of amides is 1. The SMILES string of the molecule is CN1C(=O)c2c(OCc3ccccc3)c(=O)ccn2N[C@H]1CCO[Si](c1ccccc1)(c1ccccc1)C(C)(C)C. The molecule has 7 nitrogen and oxygen atoms in total. The fourth-order valence-corrected chi connectivity index (χ4v) is 10.2. The molecular formula is C33H37N3O4Si. The molecule has 4 aromatic rings. The molecule has 1 N–H and O–H groups in total. The van der Waals surface area contributed by atoms with Crippen molar-refractivity contribution in [1.82, 2.24) is 9.58 Å². The Labute approximate surface area is 242 Å². The summed E-state index contributed by atoms with van der Waals surface area (Å²) < 4.78 is 14.6. The van der Waals surface area contributed by atoms with Gasteiger partial charge in [0.25, 0.3) is 14.2 Å². The van der Waals surface area contributed by atoms with Gasteiger partial charge in [-0.25, -0.2) is 0 Å². The van der Waals surface area contributed by atoms with Gasteiger partial charge in [-0.05, 0) is 21.0 Å². The maximum Gasteiger partial charge on any atom is 0.277 e. The highest BCUT2D eigenvalue weighted by molar-refractivity contribution is 6.99. The minimum atomic E-state index is -2.70.